The predicted octanol–water partition coefficient (Wildman–Crippen LogP) is 4.15. The number of hydrogen-bond acceptors (Lipinski definition) is 5. The van der Waals surface area contributed by atoms with Gasteiger partial charge in [0, 0.05) is 37.2 Å². The number of anilines is 1. The maximum Gasteiger partial charge on any atom is 0.186 e. The average molecular weight is 388 g/mol. The molecule has 1 fully saturated rings. The fraction of sp³-hybridized carbons (Fsp3) is 0.350. The van der Waals surface area contributed by atoms with Crippen LogP contribution in [0.25, 0.3) is 10.2 Å². The van der Waals surface area contributed by atoms with Crippen LogP contribution in [0.1, 0.15) is 18.1 Å². The van der Waals surface area contributed by atoms with Crippen LogP contribution >= 0.6 is 22.9 Å². The number of aromatic nitrogens is 1. The molecule has 0 amide bonds. The Kier molecular flexibility index (Phi) is 5.14. The number of thiazole rings is 1. The van der Waals surface area contributed by atoms with Crippen LogP contribution in [-0.2, 0) is 13.2 Å². The highest BCUT2D eigenvalue weighted by Gasteiger charge is 2.25. The van der Waals surface area contributed by atoms with Crippen LogP contribution in [0.15, 0.2) is 42.5 Å². The maximum atomic E-state index is 9.32. The fourth-order valence-electron chi connectivity index (χ4n) is 3.49. The van der Waals surface area contributed by atoms with E-state index in [2.05, 4.69) is 28.9 Å². The molecule has 1 saturated heterocycles. The van der Waals surface area contributed by atoms with Gasteiger partial charge in [-0.1, -0.05) is 47.2 Å². The lowest BCUT2D eigenvalue weighted by Gasteiger charge is -2.39. The first kappa shape index (κ1) is 17.7. The second kappa shape index (κ2) is 7.53. The molecule has 1 N–H and O–H groups in total. The molecule has 1 aliphatic heterocycles. The summed E-state index contributed by atoms with van der Waals surface area (Å²) < 4.78 is 1.14. The average Bonchev–Trinajstić information content (AvgIpc) is 3.06. The zero-order valence-electron chi connectivity index (χ0n) is 14.7. The van der Waals surface area contributed by atoms with Crippen LogP contribution in [0.4, 0.5) is 5.13 Å². The number of benzene rings is 2. The van der Waals surface area contributed by atoms with E-state index in [0.29, 0.717) is 6.04 Å². The number of aliphatic hydroxyl groups is 1. The lowest BCUT2D eigenvalue weighted by Crippen LogP contribution is -2.51. The molecule has 3 aromatic rings. The van der Waals surface area contributed by atoms with Crippen LogP contribution in [0, 0.1) is 0 Å². The summed E-state index contributed by atoms with van der Waals surface area (Å²) >= 11 is 7.81. The number of hydrogen-bond donors (Lipinski definition) is 1. The van der Waals surface area contributed by atoms with Gasteiger partial charge >= 0.3 is 0 Å². The van der Waals surface area contributed by atoms with Gasteiger partial charge in [-0.05, 0) is 36.2 Å². The summed E-state index contributed by atoms with van der Waals surface area (Å²) in [5.41, 5.74) is 3.25. The van der Waals surface area contributed by atoms with Gasteiger partial charge in [-0.3, -0.25) is 4.90 Å². The SMILES string of the molecule is CC1CN(c2nc3ccc(Cl)cc3s2)CCN1Cc1cccc(CO)c1. The van der Waals surface area contributed by atoms with E-state index in [9.17, 15) is 5.11 Å². The quantitative estimate of drug-likeness (QED) is 0.729. The molecule has 4 nitrogen and oxygen atoms in total. The van der Waals surface area contributed by atoms with Crippen LogP contribution < -0.4 is 4.90 Å². The normalized spacial score (nSPS) is 18.6. The van der Waals surface area contributed by atoms with E-state index in [0.717, 1.165) is 52.1 Å². The summed E-state index contributed by atoms with van der Waals surface area (Å²) in [6.07, 6.45) is 0. The summed E-state index contributed by atoms with van der Waals surface area (Å²) in [5.74, 6) is 0. The minimum absolute atomic E-state index is 0.0960. The second-order valence-corrected chi connectivity index (χ2v) is 8.30. The zero-order valence-corrected chi connectivity index (χ0v) is 16.3. The van der Waals surface area contributed by atoms with Gasteiger partial charge in [0.1, 0.15) is 0 Å². The fourth-order valence-corrected chi connectivity index (χ4v) is 4.76. The largest absolute Gasteiger partial charge is 0.392 e. The molecule has 2 aromatic carbocycles. The van der Waals surface area contributed by atoms with Crippen molar-refractivity contribution in [2.75, 3.05) is 24.5 Å². The van der Waals surface area contributed by atoms with Crippen LogP contribution in [-0.4, -0.2) is 40.7 Å². The topological polar surface area (TPSA) is 39.6 Å². The summed E-state index contributed by atoms with van der Waals surface area (Å²) in [6, 6.07) is 14.5. The van der Waals surface area contributed by atoms with E-state index in [-0.39, 0.29) is 6.61 Å². The number of nitrogens with zero attached hydrogens (tertiary/aromatic N) is 3. The number of halogens is 1. The number of rotatable bonds is 4. The molecule has 1 unspecified atom stereocenters. The molecule has 0 aliphatic carbocycles. The van der Waals surface area contributed by atoms with Gasteiger partial charge in [-0.2, -0.15) is 0 Å². The standard InChI is InChI=1S/C20H22ClN3OS/c1-14-11-24(20-22-18-6-5-17(21)10-19(18)26-20)8-7-23(14)12-15-3-2-4-16(9-15)13-25/h2-6,9-10,14,25H,7-8,11-13H2,1H3. The molecule has 1 aromatic heterocycles. The highest BCUT2D eigenvalue weighted by atomic mass is 35.5. The minimum Gasteiger partial charge on any atom is -0.392 e. The third kappa shape index (κ3) is 3.71. The van der Waals surface area contributed by atoms with E-state index in [1.165, 1.54) is 5.56 Å². The van der Waals surface area contributed by atoms with Crippen molar-refractivity contribution < 1.29 is 5.11 Å². The molecule has 26 heavy (non-hydrogen) atoms. The Bertz CT molecular complexity index is 913. The van der Waals surface area contributed by atoms with Crippen molar-refractivity contribution in [3.63, 3.8) is 0 Å². The zero-order chi connectivity index (χ0) is 18.1. The van der Waals surface area contributed by atoms with Crippen molar-refractivity contribution in [1.29, 1.82) is 0 Å². The molecule has 0 bridgehead atoms. The Labute approximate surface area is 162 Å². The molecule has 0 radical (unpaired) electrons. The van der Waals surface area contributed by atoms with E-state index in [1.54, 1.807) is 11.3 Å². The van der Waals surface area contributed by atoms with Crippen molar-refractivity contribution in [3.8, 4) is 0 Å². The van der Waals surface area contributed by atoms with Gasteiger partial charge in [-0.25, -0.2) is 4.98 Å². The van der Waals surface area contributed by atoms with Crippen LogP contribution in [0.3, 0.4) is 0 Å². The van der Waals surface area contributed by atoms with E-state index >= 15 is 0 Å². The Morgan fingerprint density at radius 3 is 2.85 bits per heavy atom. The van der Waals surface area contributed by atoms with E-state index < -0.39 is 0 Å². The third-order valence-electron chi connectivity index (χ3n) is 4.93. The summed E-state index contributed by atoms with van der Waals surface area (Å²) in [6.45, 7) is 6.22. The highest BCUT2D eigenvalue weighted by Crippen LogP contribution is 2.32. The van der Waals surface area contributed by atoms with Crippen molar-refractivity contribution in [1.82, 2.24) is 9.88 Å². The molecule has 2 heterocycles. The minimum atomic E-state index is 0.0960. The van der Waals surface area contributed by atoms with Crippen molar-refractivity contribution in [2.24, 2.45) is 0 Å². The monoisotopic (exact) mass is 387 g/mol. The van der Waals surface area contributed by atoms with Gasteiger partial charge in [0.05, 0.1) is 16.8 Å². The van der Waals surface area contributed by atoms with E-state index in [1.807, 2.05) is 30.3 Å². The molecule has 6 heteroatoms. The van der Waals surface area contributed by atoms with Crippen LogP contribution in [0.5, 0.6) is 0 Å². The summed E-state index contributed by atoms with van der Waals surface area (Å²) in [5, 5.41) is 11.2. The van der Waals surface area contributed by atoms with E-state index in [4.69, 9.17) is 16.6 Å². The number of aliphatic hydroxyl groups excluding tert-OH is 1. The first-order valence-corrected chi connectivity index (χ1v) is 10.1. The Hall–Kier alpha value is -1.66. The molecule has 136 valence electrons. The van der Waals surface area contributed by atoms with Gasteiger partial charge in [-0.15, -0.1) is 0 Å². The maximum absolute atomic E-state index is 9.32. The Morgan fingerprint density at radius 2 is 2.04 bits per heavy atom. The number of piperazine rings is 1. The Morgan fingerprint density at radius 1 is 1.19 bits per heavy atom. The lowest BCUT2D eigenvalue weighted by molar-refractivity contribution is 0.181. The summed E-state index contributed by atoms with van der Waals surface area (Å²) in [4.78, 5) is 9.66. The van der Waals surface area contributed by atoms with Gasteiger partial charge < -0.3 is 10.0 Å². The predicted molar refractivity (Wildman–Crippen MR) is 109 cm³/mol. The Balaban J connectivity index is 1.45. The van der Waals surface area contributed by atoms with Gasteiger partial charge in [0.25, 0.3) is 0 Å². The molecule has 1 atom stereocenters. The van der Waals surface area contributed by atoms with Gasteiger partial charge in [0.15, 0.2) is 5.13 Å². The van der Waals surface area contributed by atoms with Gasteiger partial charge in [0.2, 0.25) is 0 Å². The van der Waals surface area contributed by atoms with Crippen molar-refractivity contribution >= 4 is 38.3 Å². The second-order valence-electron chi connectivity index (χ2n) is 6.85. The first-order chi connectivity index (χ1) is 12.6. The molecule has 0 spiro atoms. The number of fused-ring (bicyclic) bond motifs is 1. The van der Waals surface area contributed by atoms with Crippen molar-refractivity contribution in [2.45, 2.75) is 26.1 Å². The molecule has 0 saturated carbocycles. The molecule has 1 aliphatic rings. The molecular formula is C20H22ClN3OS. The third-order valence-corrected chi connectivity index (χ3v) is 6.25. The first-order valence-electron chi connectivity index (χ1n) is 8.86. The lowest BCUT2D eigenvalue weighted by atomic mass is 10.1. The smallest absolute Gasteiger partial charge is 0.186 e. The van der Waals surface area contributed by atoms with Crippen molar-refractivity contribution in [3.05, 3.63) is 58.6 Å². The molecular weight excluding hydrogens is 366 g/mol. The molecule has 4 rings (SSSR count). The van der Waals surface area contributed by atoms with Crippen LogP contribution in [0.2, 0.25) is 5.02 Å². The highest BCUT2D eigenvalue weighted by molar-refractivity contribution is 7.22. The summed E-state index contributed by atoms with van der Waals surface area (Å²) in [7, 11) is 0.